The normalized spacial score (nSPS) is 12.0. The average Bonchev–Trinajstić information content (AvgIpc) is 2.30. The molecule has 4 heteroatoms. The van der Waals surface area contributed by atoms with Crippen LogP contribution in [0.25, 0.3) is 0 Å². The van der Waals surface area contributed by atoms with Crippen LogP contribution in [0.1, 0.15) is 39.2 Å². The molecular weight excluding hydrogens is 176 g/mol. The van der Waals surface area contributed by atoms with Crippen molar-refractivity contribution in [2.24, 2.45) is 5.41 Å². The maximum Gasteiger partial charge on any atom is 0.145 e. The lowest BCUT2D eigenvalue weighted by Crippen LogP contribution is -2.16. The first kappa shape index (κ1) is 10.9. The fraction of sp³-hybridized carbons (Fsp3) is 0.700. The summed E-state index contributed by atoms with van der Waals surface area (Å²) in [5.74, 6) is 7.21. The van der Waals surface area contributed by atoms with Crippen LogP contribution >= 0.6 is 0 Å². The number of hydrogen-bond acceptors (Lipinski definition) is 3. The molecule has 4 N–H and O–H groups in total. The Labute approximate surface area is 85.3 Å². The van der Waals surface area contributed by atoms with Gasteiger partial charge in [-0.3, -0.25) is 0 Å². The molecule has 0 atom stereocenters. The lowest BCUT2D eigenvalue weighted by molar-refractivity contribution is 0.407. The van der Waals surface area contributed by atoms with Gasteiger partial charge in [-0.25, -0.2) is 9.66 Å². The zero-order chi connectivity index (χ0) is 10.9. The van der Waals surface area contributed by atoms with Gasteiger partial charge in [-0.2, -0.15) is 0 Å². The summed E-state index contributed by atoms with van der Waals surface area (Å²) in [5, 5.41) is 0. The molecule has 0 bridgehead atoms. The van der Waals surface area contributed by atoms with Gasteiger partial charge in [0.25, 0.3) is 0 Å². The van der Waals surface area contributed by atoms with E-state index in [0.29, 0.717) is 5.82 Å². The molecule has 0 amide bonds. The van der Waals surface area contributed by atoms with Crippen molar-refractivity contribution in [3.63, 3.8) is 0 Å². The minimum Gasteiger partial charge on any atom is -0.382 e. The first-order valence-corrected chi connectivity index (χ1v) is 4.96. The molecule has 0 aliphatic rings. The molecule has 1 aromatic heterocycles. The molecule has 0 radical (unpaired) electrons. The van der Waals surface area contributed by atoms with Crippen LogP contribution in [-0.2, 0) is 12.8 Å². The number of nitrogens with zero attached hydrogens (tertiary/aromatic N) is 2. The van der Waals surface area contributed by atoms with Crippen molar-refractivity contribution >= 4 is 5.82 Å². The van der Waals surface area contributed by atoms with Crippen molar-refractivity contribution in [2.75, 3.05) is 11.6 Å². The van der Waals surface area contributed by atoms with E-state index in [1.165, 1.54) is 4.68 Å². The van der Waals surface area contributed by atoms with E-state index < -0.39 is 0 Å². The molecule has 1 heterocycles. The third kappa shape index (κ3) is 2.19. The third-order valence-electron chi connectivity index (χ3n) is 2.11. The monoisotopic (exact) mass is 196 g/mol. The maximum atomic E-state index is 5.86. The minimum absolute atomic E-state index is 0.188. The van der Waals surface area contributed by atoms with Gasteiger partial charge >= 0.3 is 0 Å². The van der Waals surface area contributed by atoms with Gasteiger partial charge in [0.15, 0.2) is 0 Å². The van der Waals surface area contributed by atoms with Crippen LogP contribution in [0, 0.1) is 5.41 Å². The molecule has 0 saturated heterocycles. The Kier molecular flexibility index (Phi) is 2.73. The summed E-state index contributed by atoms with van der Waals surface area (Å²) in [7, 11) is 0. The third-order valence-corrected chi connectivity index (χ3v) is 2.11. The molecule has 0 spiro atoms. The number of nitrogens with two attached hydrogens (primary N) is 2. The summed E-state index contributed by atoms with van der Waals surface area (Å²) < 4.78 is 1.49. The molecule has 14 heavy (non-hydrogen) atoms. The fourth-order valence-corrected chi connectivity index (χ4v) is 1.43. The summed E-state index contributed by atoms with van der Waals surface area (Å²) in [4.78, 5) is 4.43. The molecule has 0 fully saturated rings. The van der Waals surface area contributed by atoms with E-state index in [0.717, 1.165) is 24.4 Å². The molecule has 1 aromatic rings. The van der Waals surface area contributed by atoms with E-state index in [1.54, 1.807) is 0 Å². The van der Waals surface area contributed by atoms with Gasteiger partial charge in [0.1, 0.15) is 11.6 Å². The summed E-state index contributed by atoms with van der Waals surface area (Å²) in [6, 6.07) is 0. The molecule has 0 aliphatic carbocycles. The van der Waals surface area contributed by atoms with Gasteiger partial charge in [0.05, 0.1) is 5.69 Å². The Bertz CT molecular complexity index is 320. The molecule has 80 valence electrons. The Balaban J connectivity index is 2.99. The fourth-order valence-electron chi connectivity index (χ4n) is 1.43. The van der Waals surface area contributed by atoms with Crippen molar-refractivity contribution < 1.29 is 0 Å². The van der Waals surface area contributed by atoms with Crippen LogP contribution in [0.5, 0.6) is 0 Å². The van der Waals surface area contributed by atoms with Gasteiger partial charge in [-0.05, 0) is 11.8 Å². The quantitative estimate of drug-likeness (QED) is 0.701. The molecule has 0 aromatic carbocycles. The highest BCUT2D eigenvalue weighted by Gasteiger charge is 2.18. The van der Waals surface area contributed by atoms with E-state index >= 15 is 0 Å². The lowest BCUT2D eigenvalue weighted by Gasteiger charge is -2.16. The zero-order valence-electron chi connectivity index (χ0n) is 9.46. The summed E-state index contributed by atoms with van der Waals surface area (Å²) >= 11 is 0. The zero-order valence-corrected chi connectivity index (χ0v) is 9.46. The Hall–Kier alpha value is -1.19. The van der Waals surface area contributed by atoms with Crippen LogP contribution in [0.15, 0.2) is 0 Å². The van der Waals surface area contributed by atoms with Crippen LogP contribution in [0.4, 0.5) is 5.82 Å². The summed E-state index contributed by atoms with van der Waals surface area (Å²) in [6.07, 6.45) is 1.67. The van der Waals surface area contributed by atoms with Crippen LogP contribution in [0.2, 0.25) is 0 Å². The van der Waals surface area contributed by atoms with Crippen molar-refractivity contribution in [3.05, 3.63) is 11.5 Å². The first-order chi connectivity index (χ1) is 6.35. The largest absolute Gasteiger partial charge is 0.382 e. The van der Waals surface area contributed by atoms with Crippen molar-refractivity contribution in [1.29, 1.82) is 0 Å². The number of rotatable bonds is 2. The van der Waals surface area contributed by atoms with Crippen LogP contribution in [-0.4, -0.2) is 9.66 Å². The molecule has 0 saturated carbocycles. The number of nitrogen functional groups attached to an aromatic ring is 2. The predicted octanol–water partition coefficient (Wildman–Crippen LogP) is 1.33. The van der Waals surface area contributed by atoms with Gasteiger partial charge in [0, 0.05) is 6.42 Å². The Morgan fingerprint density at radius 3 is 2.29 bits per heavy atom. The number of aromatic nitrogens is 2. The summed E-state index contributed by atoms with van der Waals surface area (Å²) in [6.45, 7) is 8.50. The van der Waals surface area contributed by atoms with E-state index in [4.69, 9.17) is 11.6 Å². The smallest absolute Gasteiger partial charge is 0.145 e. The van der Waals surface area contributed by atoms with E-state index in [-0.39, 0.29) is 5.41 Å². The van der Waals surface area contributed by atoms with E-state index in [9.17, 15) is 0 Å². The Morgan fingerprint density at radius 1 is 1.36 bits per heavy atom. The second-order valence-electron chi connectivity index (χ2n) is 4.82. The standard InChI is InChI=1S/C10H20N4/c1-5-8-13-7(6-10(2,3)4)9(11)14(8)12/h5-6,11-12H2,1-4H3. The molecule has 4 nitrogen and oxygen atoms in total. The molecular formula is C10H20N4. The van der Waals surface area contributed by atoms with Crippen molar-refractivity contribution in [1.82, 2.24) is 9.66 Å². The van der Waals surface area contributed by atoms with Crippen LogP contribution < -0.4 is 11.6 Å². The van der Waals surface area contributed by atoms with E-state index in [2.05, 4.69) is 25.8 Å². The van der Waals surface area contributed by atoms with E-state index in [1.807, 2.05) is 6.92 Å². The highest BCUT2D eigenvalue weighted by Crippen LogP contribution is 2.23. The van der Waals surface area contributed by atoms with Crippen molar-refractivity contribution in [2.45, 2.75) is 40.5 Å². The average molecular weight is 196 g/mol. The van der Waals surface area contributed by atoms with Gasteiger partial charge < -0.3 is 11.6 Å². The van der Waals surface area contributed by atoms with Crippen molar-refractivity contribution in [3.8, 4) is 0 Å². The number of aryl methyl sites for hydroxylation is 1. The highest BCUT2D eigenvalue weighted by atomic mass is 15.4. The topological polar surface area (TPSA) is 69.9 Å². The Morgan fingerprint density at radius 2 is 1.93 bits per heavy atom. The number of imidazole rings is 1. The molecule has 0 aliphatic heterocycles. The molecule has 0 unspecified atom stereocenters. The SMILES string of the molecule is CCc1nc(CC(C)(C)C)c(N)n1N. The highest BCUT2D eigenvalue weighted by molar-refractivity contribution is 5.38. The predicted molar refractivity (Wildman–Crippen MR) is 59.3 cm³/mol. The lowest BCUT2D eigenvalue weighted by atomic mass is 9.90. The summed E-state index contributed by atoms with van der Waals surface area (Å²) in [5.41, 5.74) is 6.96. The molecule has 1 rings (SSSR count). The minimum atomic E-state index is 0.188. The first-order valence-electron chi connectivity index (χ1n) is 4.96. The van der Waals surface area contributed by atoms with Crippen LogP contribution in [0.3, 0.4) is 0 Å². The second kappa shape index (κ2) is 3.52. The second-order valence-corrected chi connectivity index (χ2v) is 4.82. The van der Waals surface area contributed by atoms with Gasteiger partial charge in [0.2, 0.25) is 0 Å². The van der Waals surface area contributed by atoms with Gasteiger partial charge in [-0.1, -0.05) is 27.7 Å². The maximum absolute atomic E-state index is 5.86. The van der Waals surface area contributed by atoms with Gasteiger partial charge in [-0.15, -0.1) is 0 Å². The number of hydrogen-bond donors (Lipinski definition) is 2. The number of anilines is 1.